The van der Waals surface area contributed by atoms with Crippen LogP contribution in [-0.4, -0.2) is 23.2 Å². The van der Waals surface area contributed by atoms with Gasteiger partial charge in [0, 0.05) is 11.6 Å². The number of nitrogens with zero attached hydrogens (tertiary/aromatic N) is 2. The highest BCUT2D eigenvalue weighted by Gasteiger charge is 2.18. The van der Waals surface area contributed by atoms with Gasteiger partial charge in [-0.15, -0.1) is 0 Å². The van der Waals surface area contributed by atoms with Gasteiger partial charge in [-0.1, -0.05) is 17.3 Å². The molecule has 5 nitrogen and oxygen atoms in total. The summed E-state index contributed by atoms with van der Waals surface area (Å²) < 4.78 is 49.5. The Balaban J connectivity index is 2.00. The van der Waals surface area contributed by atoms with Crippen LogP contribution < -0.4 is 0 Å². The lowest BCUT2D eigenvalue weighted by Gasteiger charge is -2.00. The van der Waals surface area contributed by atoms with Crippen LogP contribution in [0.1, 0.15) is 10.4 Å². The topological polar surface area (TPSA) is 65.2 Å². The van der Waals surface area contributed by atoms with Crippen LogP contribution in [0.4, 0.5) is 13.2 Å². The molecular formula is C16H9F3N2O3. The van der Waals surface area contributed by atoms with Crippen LogP contribution in [0.25, 0.3) is 22.8 Å². The van der Waals surface area contributed by atoms with E-state index >= 15 is 0 Å². The molecule has 0 aliphatic carbocycles. The second-order valence-corrected chi connectivity index (χ2v) is 4.74. The predicted octanol–water partition coefficient (Wildman–Crippen LogP) is 3.61. The average Bonchev–Trinajstić information content (AvgIpc) is 3.07. The number of carbonyl (C=O) groups excluding carboxylic acids is 1. The molecule has 1 aromatic heterocycles. The van der Waals surface area contributed by atoms with Crippen LogP contribution in [0.5, 0.6) is 0 Å². The molecular weight excluding hydrogens is 325 g/mol. The third-order valence-corrected chi connectivity index (χ3v) is 3.21. The molecule has 1 heterocycles. The van der Waals surface area contributed by atoms with Crippen LogP contribution in [-0.2, 0) is 4.74 Å². The number of aromatic nitrogens is 2. The van der Waals surface area contributed by atoms with E-state index in [4.69, 9.17) is 4.52 Å². The molecule has 122 valence electrons. The van der Waals surface area contributed by atoms with E-state index in [1.807, 2.05) is 0 Å². The fraction of sp³-hybridized carbons (Fsp3) is 0.0625. The van der Waals surface area contributed by atoms with Gasteiger partial charge < -0.3 is 9.26 Å². The molecule has 0 aliphatic rings. The van der Waals surface area contributed by atoms with Gasteiger partial charge >= 0.3 is 5.97 Å². The number of ether oxygens (including phenoxy) is 1. The minimum atomic E-state index is -1.32. The molecule has 3 rings (SSSR count). The largest absolute Gasteiger partial charge is 0.465 e. The maximum atomic E-state index is 13.7. The van der Waals surface area contributed by atoms with Gasteiger partial charge in [0.05, 0.1) is 18.2 Å². The molecule has 0 N–H and O–H groups in total. The first-order chi connectivity index (χ1) is 11.5. The molecule has 0 unspecified atom stereocenters. The molecule has 0 atom stereocenters. The summed E-state index contributed by atoms with van der Waals surface area (Å²) >= 11 is 0. The lowest BCUT2D eigenvalue weighted by molar-refractivity contribution is 0.0601. The Bertz CT molecular complexity index is 925. The summed E-state index contributed by atoms with van der Waals surface area (Å²) in [5, 5.41) is 3.66. The minimum absolute atomic E-state index is 0.0555. The third-order valence-electron chi connectivity index (χ3n) is 3.21. The summed E-state index contributed by atoms with van der Waals surface area (Å²) in [5.41, 5.74) is 0.313. The fourth-order valence-corrected chi connectivity index (χ4v) is 2.04. The number of carbonyl (C=O) groups is 1. The van der Waals surface area contributed by atoms with Crippen molar-refractivity contribution in [2.45, 2.75) is 0 Å². The van der Waals surface area contributed by atoms with E-state index in [1.54, 1.807) is 12.1 Å². The second kappa shape index (κ2) is 6.15. The van der Waals surface area contributed by atoms with Crippen molar-refractivity contribution in [1.82, 2.24) is 10.1 Å². The van der Waals surface area contributed by atoms with Crippen molar-refractivity contribution >= 4 is 5.97 Å². The molecule has 2 aromatic carbocycles. The van der Waals surface area contributed by atoms with E-state index in [0.29, 0.717) is 17.7 Å². The number of methoxy groups -OCH3 is 1. The van der Waals surface area contributed by atoms with Crippen molar-refractivity contribution in [2.75, 3.05) is 7.11 Å². The van der Waals surface area contributed by atoms with Gasteiger partial charge in [-0.05, 0) is 18.2 Å². The molecule has 0 fully saturated rings. The molecule has 24 heavy (non-hydrogen) atoms. The van der Waals surface area contributed by atoms with Crippen molar-refractivity contribution in [3.8, 4) is 22.8 Å². The number of halogens is 3. The number of benzene rings is 2. The first-order valence-electron chi connectivity index (χ1n) is 6.67. The standard InChI is InChI=1S/C16H9F3N2O3/c1-23-16(22)9-4-2-3-8(5-9)14-20-15(24-21-14)10-6-12(18)13(19)7-11(10)17/h2-7H,1H3. The Morgan fingerprint density at radius 1 is 1.08 bits per heavy atom. The lowest BCUT2D eigenvalue weighted by atomic mass is 10.1. The molecule has 0 saturated heterocycles. The smallest absolute Gasteiger partial charge is 0.337 e. The van der Waals surface area contributed by atoms with Crippen LogP contribution in [0.2, 0.25) is 0 Å². The highest BCUT2D eigenvalue weighted by atomic mass is 19.2. The van der Waals surface area contributed by atoms with Crippen molar-refractivity contribution in [2.24, 2.45) is 0 Å². The molecule has 3 aromatic rings. The Morgan fingerprint density at radius 2 is 1.83 bits per heavy atom. The second-order valence-electron chi connectivity index (χ2n) is 4.74. The number of esters is 1. The molecule has 8 heteroatoms. The van der Waals surface area contributed by atoms with E-state index in [9.17, 15) is 18.0 Å². The van der Waals surface area contributed by atoms with Gasteiger partial charge in [0.1, 0.15) is 5.82 Å². The molecule has 0 amide bonds. The Kier molecular flexibility index (Phi) is 4.03. The van der Waals surface area contributed by atoms with Crippen LogP contribution in [0, 0.1) is 17.5 Å². The number of hydrogen-bond donors (Lipinski definition) is 0. The summed E-state index contributed by atoms with van der Waals surface area (Å²) in [6.07, 6.45) is 0. The maximum Gasteiger partial charge on any atom is 0.337 e. The Labute approximate surface area is 133 Å². The fourth-order valence-electron chi connectivity index (χ4n) is 2.04. The summed E-state index contributed by atoms with van der Waals surface area (Å²) in [6.45, 7) is 0. The quantitative estimate of drug-likeness (QED) is 0.541. The maximum absolute atomic E-state index is 13.7. The highest BCUT2D eigenvalue weighted by molar-refractivity contribution is 5.90. The molecule has 0 radical (unpaired) electrons. The van der Waals surface area contributed by atoms with Crippen molar-refractivity contribution in [3.05, 3.63) is 59.4 Å². The van der Waals surface area contributed by atoms with Gasteiger partial charge in [-0.2, -0.15) is 4.98 Å². The molecule has 0 aliphatic heterocycles. The predicted molar refractivity (Wildman–Crippen MR) is 76.4 cm³/mol. The van der Waals surface area contributed by atoms with E-state index in [2.05, 4.69) is 14.9 Å². The Morgan fingerprint density at radius 3 is 2.58 bits per heavy atom. The first-order valence-corrected chi connectivity index (χ1v) is 6.67. The van der Waals surface area contributed by atoms with E-state index in [0.717, 1.165) is 0 Å². The van der Waals surface area contributed by atoms with Crippen molar-refractivity contribution in [3.63, 3.8) is 0 Å². The van der Waals surface area contributed by atoms with Gasteiger partial charge in [-0.3, -0.25) is 0 Å². The average molecular weight is 334 g/mol. The zero-order chi connectivity index (χ0) is 17.3. The van der Waals surface area contributed by atoms with Gasteiger partial charge in [-0.25, -0.2) is 18.0 Å². The van der Waals surface area contributed by atoms with Gasteiger partial charge in [0.15, 0.2) is 11.6 Å². The SMILES string of the molecule is COC(=O)c1cccc(-c2noc(-c3cc(F)c(F)cc3F)n2)c1. The lowest BCUT2D eigenvalue weighted by Crippen LogP contribution is -2.00. The number of rotatable bonds is 3. The monoisotopic (exact) mass is 334 g/mol. The molecule has 0 saturated carbocycles. The van der Waals surface area contributed by atoms with Gasteiger partial charge in [0.2, 0.25) is 5.82 Å². The summed E-state index contributed by atoms with van der Waals surface area (Å²) in [7, 11) is 1.24. The third kappa shape index (κ3) is 2.85. The minimum Gasteiger partial charge on any atom is -0.465 e. The van der Waals surface area contributed by atoms with E-state index < -0.39 is 23.4 Å². The summed E-state index contributed by atoms with van der Waals surface area (Å²) in [5.74, 6) is -4.40. The van der Waals surface area contributed by atoms with Crippen molar-refractivity contribution in [1.29, 1.82) is 0 Å². The zero-order valence-corrected chi connectivity index (χ0v) is 12.2. The van der Waals surface area contributed by atoms with E-state index in [1.165, 1.54) is 19.2 Å². The zero-order valence-electron chi connectivity index (χ0n) is 12.2. The summed E-state index contributed by atoms with van der Waals surface area (Å²) in [4.78, 5) is 15.5. The normalized spacial score (nSPS) is 10.7. The first kappa shape index (κ1) is 15.7. The van der Waals surface area contributed by atoms with E-state index in [-0.39, 0.29) is 22.8 Å². The van der Waals surface area contributed by atoms with Crippen LogP contribution in [0.3, 0.4) is 0 Å². The molecule has 0 bridgehead atoms. The highest BCUT2D eigenvalue weighted by Crippen LogP contribution is 2.26. The van der Waals surface area contributed by atoms with Crippen LogP contribution in [0.15, 0.2) is 40.9 Å². The summed E-state index contributed by atoms with van der Waals surface area (Å²) in [6, 6.07) is 7.20. The van der Waals surface area contributed by atoms with Crippen LogP contribution >= 0.6 is 0 Å². The Hall–Kier alpha value is -3.16. The van der Waals surface area contributed by atoms with Gasteiger partial charge in [0.25, 0.3) is 5.89 Å². The number of hydrogen-bond acceptors (Lipinski definition) is 5. The van der Waals surface area contributed by atoms with Crippen molar-refractivity contribution < 1.29 is 27.2 Å². The molecule has 0 spiro atoms.